The van der Waals surface area contributed by atoms with Crippen molar-refractivity contribution in [3.8, 4) is 0 Å². The number of H-pyrrole nitrogens is 1. The van der Waals surface area contributed by atoms with Gasteiger partial charge in [0.15, 0.2) is 6.54 Å². The molecule has 1 rings (SSSR count). The van der Waals surface area contributed by atoms with E-state index in [-0.39, 0.29) is 17.4 Å². The quantitative estimate of drug-likeness (QED) is 0.489. The summed E-state index contributed by atoms with van der Waals surface area (Å²) in [5.41, 5.74) is -0.912. The molecule has 3 N–H and O–H groups in total. The van der Waals surface area contributed by atoms with E-state index < -0.39 is 17.6 Å². The summed E-state index contributed by atoms with van der Waals surface area (Å²) in [6.07, 6.45) is -2.72. The lowest BCUT2D eigenvalue weighted by Crippen LogP contribution is -2.30. The second kappa shape index (κ2) is 6.94. The fraction of sp³-hybridized carbons (Fsp3) is 0.300. The second-order valence-electron chi connectivity index (χ2n) is 3.45. The van der Waals surface area contributed by atoms with Crippen LogP contribution < -0.4 is 15.6 Å². The number of carbonyl (C=O) groups excluding carboxylic acids is 1. The van der Waals surface area contributed by atoms with Crippen LogP contribution in [0.4, 0.5) is 19.0 Å². The smallest absolute Gasteiger partial charge is 0.398 e. The van der Waals surface area contributed by atoms with E-state index in [4.69, 9.17) is 11.6 Å². The van der Waals surface area contributed by atoms with Crippen molar-refractivity contribution in [2.75, 3.05) is 19.0 Å². The Labute approximate surface area is 116 Å². The fourth-order valence-electron chi connectivity index (χ4n) is 1.14. The van der Waals surface area contributed by atoms with Gasteiger partial charge in [0.2, 0.25) is 0 Å². The molecule has 1 aromatic heterocycles. The molecule has 0 saturated heterocycles. The zero-order valence-electron chi connectivity index (χ0n) is 10.2. The van der Waals surface area contributed by atoms with Crippen molar-refractivity contribution in [1.82, 2.24) is 5.32 Å². The minimum absolute atomic E-state index is 0.0958. The van der Waals surface area contributed by atoms with Gasteiger partial charge in [0.25, 0.3) is 11.7 Å². The first-order valence-corrected chi connectivity index (χ1v) is 5.59. The molecular formula is C10H11ClF3N4O2+. The summed E-state index contributed by atoms with van der Waals surface area (Å²) in [6.45, 7) is -0.211. The Kier molecular flexibility index (Phi) is 5.56. The van der Waals surface area contributed by atoms with E-state index >= 15 is 0 Å². The molecule has 0 spiro atoms. The van der Waals surface area contributed by atoms with E-state index in [9.17, 15) is 18.0 Å². The Morgan fingerprint density at radius 3 is 2.85 bits per heavy atom. The van der Waals surface area contributed by atoms with E-state index in [0.717, 1.165) is 18.6 Å². The third-order valence-electron chi connectivity index (χ3n) is 2.03. The molecule has 0 radical (unpaired) electrons. The topological polar surface area (TPSA) is 76.9 Å². The third-order valence-corrected chi connectivity index (χ3v) is 2.33. The van der Waals surface area contributed by atoms with Crippen LogP contribution in [0.3, 0.4) is 0 Å². The molecule has 110 valence electrons. The van der Waals surface area contributed by atoms with Crippen LogP contribution in [0.15, 0.2) is 17.4 Å². The molecule has 10 heteroatoms. The molecule has 6 nitrogen and oxygen atoms in total. The number of hydrogen-bond donors (Lipinski definition) is 2. The number of oxime groups is 1. The van der Waals surface area contributed by atoms with Gasteiger partial charge in [-0.2, -0.15) is 13.2 Å². The van der Waals surface area contributed by atoms with Crippen LogP contribution in [0, 0.1) is 0 Å². The minimum atomic E-state index is -4.49. The minimum Gasteiger partial charge on any atom is -0.398 e. The van der Waals surface area contributed by atoms with E-state index in [1.165, 1.54) is 7.11 Å². The summed E-state index contributed by atoms with van der Waals surface area (Å²) >= 11 is 5.67. The molecule has 0 fully saturated rings. The Hall–Kier alpha value is -2.03. The van der Waals surface area contributed by atoms with Crippen LogP contribution in [-0.2, 0) is 15.8 Å². The molecule has 0 unspecified atom stereocenters. The van der Waals surface area contributed by atoms with Gasteiger partial charge in [0.05, 0.1) is 5.56 Å². The van der Waals surface area contributed by atoms with Crippen molar-refractivity contribution < 1.29 is 27.8 Å². The molecule has 0 saturated carbocycles. The van der Waals surface area contributed by atoms with Gasteiger partial charge in [-0.3, -0.25) is 10.1 Å². The highest BCUT2D eigenvalue weighted by Gasteiger charge is 2.32. The standard InChI is InChI=1S/C10H10ClF3N4O2/c1-20-18-5-17-8(19)4-16-9-7(11)2-6(3-15-9)10(12,13)14/h2-3,5H,4H2,1H3,(H,15,16)(H,17,18,19)/p+1. The molecule has 20 heavy (non-hydrogen) atoms. The van der Waals surface area contributed by atoms with Gasteiger partial charge in [0, 0.05) is 0 Å². The van der Waals surface area contributed by atoms with E-state index in [1.54, 1.807) is 0 Å². The van der Waals surface area contributed by atoms with Gasteiger partial charge in [0.1, 0.15) is 24.7 Å². The zero-order chi connectivity index (χ0) is 15.2. The van der Waals surface area contributed by atoms with Crippen molar-refractivity contribution >= 4 is 29.7 Å². The number of halogens is 4. The number of hydrogen-bond acceptors (Lipinski definition) is 4. The van der Waals surface area contributed by atoms with Crippen LogP contribution in [0.5, 0.6) is 0 Å². The largest absolute Gasteiger partial charge is 0.419 e. The van der Waals surface area contributed by atoms with E-state index in [0.29, 0.717) is 0 Å². The average Bonchev–Trinajstić information content (AvgIpc) is 2.36. The Bertz CT molecular complexity index is 508. The first-order valence-electron chi connectivity index (χ1n) is 5.21. The highest BCUT2D eigenvalue weighted by atomic mass is 35.5. The second-order valence-corrected chi connectivity index (χ2v) is 3.85. The number of anilines is 1. The van der Waals surface area contributed by atoms with Crippen molar-refractivity contribution in [2.45, 2.75) is 6.18 Å². The summed E-state index contributed by atoms with van der Waals surface area (Å²) < 4.78 is 37.2. The monoisotopic (exact) mass is 311 g/mol. The number of amides is 1. The summed E-state index contributed by atoms with van der Waals surface area (Å²) in [5.74, 6) is -0.381. The number of rotatable bonds is 5. The number of alkyl halides is 3. The van der Waals surface area contributed by atoms with Crippen molar-refractivity contribution in [3.63, 3.8) is 0 Å². The molecule has 0 aliphatic rings. The van der Waals surface area contributed by atoms with Crippen molar-refractivity contribution in [2.24, 2.45) is 5.16 Å². The van der Waals surface area contributed by atoms with Crippen LogP contribution in [0.1, 0.15) is 5.56 Å². The molecule has 1 heterocycles. The summed E-state index contributed by atoms with van der Waals surface area (Å²) in [6, 6.07) is 0.755. The maximum atomic E-state index is 12.4. The van der Waals surface area contributed by atoms with Gasteiger partial charge in [-0.05, 0) is 6.07 Å². The molecule has 0 bridgehead atoms. The maximum absolute atomic E-state index is 12.4. The highest BCUT2D eigenvalue weighted by Crippen LogP contribution is 2.30. The fourth-order valence-corrected chi connectivity index (χ4v) is 1.38. The molecule has 0 aliphatic carbocycles. The van der Waals surface area contributed by atoms with E-state index in [2.05, 4.69) is 25.6 Å². The Morgan fingerprint density at radius 1 is 1.60 bits per heavy atom. The number of carbonyl (C=O) groups is 1. The predicted octanol–water partition coefficient (Wildman–Crippen LogP) is 1.29. The van der Waals surface area contributed by atoms with Crippen LogP contribution in [-0.4, -0.2) is 25.9 Å². The van der Waals surface area contributed by atoms with Gasteiger partial charge in [-0.25, -0.2) is 4.98 Å². The van der Waals surface area contributed by atoms with Crippen LogP contribution in [0.25, 0.3) is 0 Å². The van der Waals surface area contributed by atoms with Crippen LogP contribution in [0.2, 0.25) is 5.02 Å². The summed E-state index contributed by atoms with van der Waals surface area (Å²) in [7, 11) is 1.30. The van der Waals surface area contributed by atoms with Crippen LogP contribution >= 0.6 is 11.6 Å². The highest BCUT2D eigenvalue weighted by molar-refractivity contribution is 6.32. The summed E-state index contributed by atoms with van der Waals surface area (Å²) in [4.78, 5) is 17.9. The third kappa shape index (κ3) is 4.92. The van der Waals surface area contributed by atoms with Gasteiger partial charge in [-0.15, -0.1) is 0 Å². The lowest BCUT2D eigenvalue weighted by molar-refractivity contribution is -0.364. The molecule has 0 atom stereocenters. The molecule has 1 aromatic rings. The lowest BCUT2D eigenvalue weighted by Gasteiger charge is -2.06. The molecule has 0 aromatic carbocycles. The van der Waals surface area contributed by atoms with Gasteiger partial charge >= 0.3 is 6.18 Å². The lowest BCUT2D eigenvalue weighted by atomic mass is 10.3. The van der Waals surface area contributed by atoms with Gasteiger partial charge in [-0.1, -0.05) is 16.8 Å². The predicted molar refractivity (Wildman–Crippen MR) is 65.1 cm³/mol. The average molecular weight is 312 g/mol. The number of aromatic nitrogens is 1. The first kappa shape index (κ1) is 16.0. The Morgan fingerprint density at radius 2 is 2.30 bits per heavy atom. The Balaban J connectivity index is 2.61. The molecule has 1 amide bonds. The number of nitrogens with zero attached hydrogens (tertiary/aromatic N) is 1. The number of nitrogens with one attached hydrogen (secondary N) is 3. The normalized spacial score (nSPS) is 11.4. The zero-order valence-corrected chi connectivity index (χ0v) is 11.0. The SMILES string of the molecule is CO/N=C/NC(=O)CNc1[nH+]cc(C(F)(F)F)cc1Cl. The first-order chi connectivity index (χ1) is 9.34. The number of aromatic amines is 1. The van der Waals surface area contributed by atoms with Crippen molar-refractivity contribution in [1.29, 1.82) is 0 Å². The number of pyridine rings is 1. The maximum Gasteiger partial charge on any atom is 0.419 e. The molecular weight excluding hydrogens is 301 g/mol. The summed E-state index contributed by atoms with van der Waals surface area (Å²) in [5, 5.41) is 7.90. The van der Waals surface area contributed by atoms with E-state index in [1.807, 2.05) is 0 Å². The van der Waals surface area contributed by atoms with Gasteiger partial charge < -0.3 is 10.2 Å². The molecule has 0 aliphatic heterocycles. The van der Waals surface area contributed by atoms with Crippen molar-refractivity contribution in [3.05, 3.63) is 22.8 Å².